The molecule has 0 fully saturated rings. The van der Waals surface area contributed by atoms with Crippen LogP contribution in [0.15, 0.2) is 47.6 Å². The topological polar surface area (TPSA) is 76.3 Å². The summed E-state index contributed by atoms with van der Waals surface area (Å²) in [4.78, 5) is 3.63. The Balaban J connectivity index is 2.33. The molecule has 0 atom stereocenters. The van der Waals surface area contributed by atoms with Crippen LogP contribution in [0.4, 0.5) is 10.1 Å². The van der Waals surface area contributed by atoms with Gasteiger partial charge in [-0.1, -0.05) is 6.07 Å². The monoisotopic (exact) mass is 295 g/mol. The third kappa shape index (κ3) is 2.78. The lowest BCUT2D eigenvalue weighted by molar-refractivity contribution is 0.466. The van der Waals surface area contributed by atoms with Crippen LogP contribution in [-0.2, 0) is 16.6 Å². The third-order valence-corrected chi connectivity index (χ3v) is 4.72. The Labute approximate surface area is 116 Å². The van der Waals surface area contributed by atoms with Gasteiger partial charge in [0.2, 0.25) is 10.0 Å². The lowest BCUT2D eigenvalue weighted by Crippen LogP contribution is -2.27. The van der Waals surface area contributed by atoms with Crippen molar-refractivity contribution < 1.29 is 12.8 Å². The predicted molar refractivity (Wildman–Crippen MR) is 73.7 cm³/mol. The van der Waals surface area contributed by atoms with Crippen LogP contribution in [0.3, 0.4) is 0 Å². The highest BCUT2D eigenvalue weighted by molar-refractivity contribution is 7.89. The largest absolute Gasteiger partial charge is 0.395 e. The van der Waals surface area contributed by atoms with E-state index in [1.807, 2.05) is 0 Å². The Morgan fingerprint density at radius 3 is 2.55 bits per heavy atom. The summed E-state index contributed by atoms with van der Waals surface area (Å²) >= 11 is 0. The van der Waals surface area contributed by atoms with E-state index in [9.17, 15) is 12.8 Å². The van der Waals surface area contributed by atoms with Crippen molar-refractivity contribution in [1.29, 1.82) is 0 Å². The molecule has 5 nitrogen and oxygen atoms in total. The van der Waals surface area contributed by atoms with Gasteiger partial charge in [-0.25, -0.2) is 12.8 Å². The van der Waals surface area contributed by atoms with E-state index in [2.05, 4.69) is 4.98 Å². The van der Waals surface area contributed by atoms with Gasteiger partial charge in [0.15, 0.2) is 0 Å². The van der Waals surface area contributed by atoms with Gasteiger partial charge >= 0.3 is 0 Å². The van der Waals surface area contributed by atoms with Crippen LogP contribution in [0.2, 0.25) is 0 Å². The average molecular weight is 295 g/mol. The number of nitrogens with zero attached hydrogens (tertiary/aromatic N) is 2. The molecule has 0 unspecified atom stereocenters. The van der Waals surface area contributed by atoms with Crippen LogP contribution in [0, 0.1) is 5.82 Å². The lowest BCUT2D eigenvalue weighted by Gasteiger charge is -2.18. The van der Waals surface area contributed by atoms with E-state index in [1.54, 1.807) is 24.5 Å². The number of nitrogens with two attached hydrogens (primary N) is 1. The number of nitrogen functional groups attached to an aromatic ring is 1. The van der Waals surface area contributed by atoms with Gasteiger partial charge in [-0.3, -0.25) is 4.98 Å². The van der Waals surface area contributed by atoms with Crippen LogP contribution in [0.1, 0.15) is 5.56 Å². The van der Waals surface area contributed by atoms with E-state index in [1.165, 1.54) is 19.2 Å². The first kappa shape index (κ1) is 14.4. The number of aromatic nitrogens is 1. The molecule has 2 aromatic rings. The van der Waals surface area contributed by atoms with Crippen molar-refractivity contribution in [1.82, 2.24) is 9.29 Å². The zero-order chi connectivity index (χ0) is 14.8. The van der Waals surface area contributed by atoms with Gasteiger partial charge in [0, 0.05) is 26.0 Å². The maximum atomic E-state index is 13.4. The minimum absolute atomic E-state index is 0.154. The van der Waals surface area contributed by atoms with E-state index in [4.69, 9.17) is 5.73 Å². The van der Waals surface area contributed by atoms with Crippen molar-refractivity contribution in [2.75, 3.05) is 12.8 Å². The minimum Gasteiger partial charge on any atom is -0.395 e. The molecular weight excluding hydrogens is 281 g/mol. The molecule has 0 aliphatic heterocycles. The molecule has 20 heavy (non-hydrogen) atoms. The van der Waals surface area contributed by atoms with Crippen LogP contribution < -0.4 is 5.73 Å². The number of anilines is 1. The summed E-state index contributed by atoms with van der Waals surface area (Å²) < 4.78 is 39.2. The van der Waals surface area contributed by atoms with Gasteiger partial charge in [-0.15, -0.1) is 0 Å². The number of halogens is 1. The van der Waals surface area contributed by atoms with E-state index in [0.29, 0.717) is 0 Å². The second-order valence-corrected chi connectivity index (χ2v) is 6.28. The molecule has 0 radical (unpaired) electrons. The van der Waals surface area contributed by atoms with Gasteiger partial charge in [0.25, 0.3) is 0 Å². The minimum atomic E-state index is -3.84. The molecule has 0 bridgehead atoms. The van der Waals surface area contributed by atoms with Crippen molar-refractivity contribution in [3.05, 3.63) is 54.1 Å². The van der Waals surface area contributed by atoms with E-state index in [-0.39, 0.29) is 17.1 Å². The maximum absolute atomic E-state index is 13.4. The van der Waals surface area contributed by atoms with Crippen LogP contribution in [-0.4, -0.2) is 24.8 Å². The standard InChI is InChI=1S/C13H14FN3O2S/c1-17(9-10-5-7-16-8-6-10)20(18,19)12-4-2-3-11(14)13(12)15/h2-8H,9,15H2,1H3. The highest BCUT2D eigenvalue weighted by atomic mass is 32.2. The van der Waals surface area contributed by atoms with Crippen molar-refractivity contribution in [3.8, 4) is 0 Å². The first-order chi connectivity index (χ1) is 9.43. The van der Waals surface area contributed by atoms with Crippen LogP contribution >= 0.6 is 0 Å². The Hall–Kier alpha value is -1.99. The van der Waals surface area contributed by atoms with Gasteiger partial charge in [0.1, 0.15) is 10.7 Å². The van der Waals surface area contributed by atoms with Gasteiger partial charge in [-0.2, -0.15) is 4.31 Å². The summed E-state index contributed by atoms with van der Waals surface area (Å²) in [5.41, 5.74) is 5.92. The molecule has 1 aromatic heterocycles. The molecule has 0 aliphatic carbocycles. The number of rotatable bonds is 4. The summed E-state index contributed by atoms with van der Waals surface area (Å²) in [6.07, 6.45) is 3.15. The zero-order valence-corrected chi connectivity index (χ0v) is 11.6. The Kier molecular flexibility index (Phi) is 4.01. The molecule has 1 heterocycles. The van der Waals surface area contributed by atoms with Gasteiger partial charge in [0.05, 0.1) is 5.69 Å². The zero-order valence-electron chi connectivity index (χ0n) is 10.8. The van der Waals surface area contributed by atoms with Crippen molar-refractivity contribution >= 4 is 15.7 Å². The quantitative estimate of drug-likeness (QED) is 0.870. The molecule has 0 spiro atoms. The number of sulfonamides is 1. The van der Waals surface area contributed by atoms with Crippen LogP contribution in [0.25, 0.3) is 0 Å². The number of pyridine rings is 1. The fraction of sp³-hybridized carbons (Fsp3) is 0.154. The highest BCUT2D eigenvalue weighted by Gasteiger charge is 2.24. The molecule has 1 aromatic carbocycles. The van der Waals surface area contributed by atoms with E-state index in [0.717, 1.165) is 15.9 Å². The smallest absolute Gasteiger partial charge is 0.245 e. The normalized spacial score (nSPS) is 11.8. The average Bonchev–Trinajstić information content (AvgIpc) is 2.42. The first-order valence-corrected chi connectivity index (χ1v) is 7.26. The van der Waals surface area contributed by atoms with E-state index >= 15 is 0 Å². The Morgan fingerprint density at radius 2 is 1.90 bits per heavy atom. The predicted octanol–water partition coefficient (Wildman–Crippen LogP) is 1.62. The third-order valence-electron chi connectivity index (χ3n) is 2.86. The lowest BCUT2D eigenvalue weighted by atomic mass is 10.3. The number of para-hydroxylation sites is 1. The molecule has 0 saturated heterocycles. The molecule has 0 saturated carbocycles. The maximum Gasteiger partial charge on any atom is 0.245 e. The Bertz CT molecular complexity index is 705. The molecule has 0 aliphatic rings. The van der Waals surface area contributed by atoms with Crippen molar-refractivity contribution in [3.63, 3.8) is 0 Å². The number of hydrogen-bond acceptors (Lipinski definition) is 4. The van der Waals surface area contributed by atoms with Gasteiger partial charge < -0.3 is 5.73 Å². The van der Waals surface area contributed by atoms with Crippen molar-refractivity contribution in [2.24, 2.45) is 0 Å². The molecular formula is C13H14FN3O2S. The highest BCUT2D eigenvalue weighted by Crippen LogP contribution is 2.24. The Morgan fingerprint density at radius 1 is 1.25 bits per heavy atom. The molecule has 106 valence electrons. The summed E-state index contributed by atoms with van der Waals surface area (Å²) in [6, 6.07) is 7.15. The first-order valence-electron chi connectivity index (χ1n) is 5.82. The second-order valence-electron chi connectivity index (χ2n) is 4.27. The fourth-order valence-corrected chi connectivity index (χ4v) is 3.02. The number of benzene rings is 1. The van der Waals surface area contributed by atoms with Crippen LogP contribution in [0.5, 0.6) is 0 Å². The molecule has 7 heteroatoms. The summed E-state index contributed by atoms with van der Waals surface area (Å²) in [5.74, 6) is -0.747. The van der Waals surface area contributed by atoms with E-state index < -0.39 is 15.8 Å². The molecule has 0 amide bonds. The van der Waals surface area contributed by atoms with Crippen molar-refractivity contribution in [2.45, 2.75) is 11.4 Å². The number of hydrogen-bond donors (Lipinski definition) is 1. The second kappa shape index (κ2) is 5.56. The molecule has 2 rings (SSSR count). The molecule has 2 N–H and O–H groups in total. The fourth-order valence-electron chi connectivity index (χ4n) is 1.74. The van der Waals surface area contributed by atoms with Gasteiger partial charge in [-0.05, 0) is 29.8 Å². The summed E-state index contributed by atoms with van der Waals surface area (Å²) in [5, 5.41) is 0. The SMILES string of the molecule is CN(Cc1ccncc1)S(=O)(=O)c1cccc(F)c1N. The summed E-state index contributed by atoms with van der Waals surface area (Å²) in [6.45, 7) is 0.154. The summed E-state index contributed by atoms with van der Waals surface area (Å²) in [7, 11) is -2.43.